The molecule has 6 rings (SSSR count). The maximum atomic E-state index is 12.8. The van der Waals surface area contributed by atoms with Gasteiger partial charge >= 0.3 is 0 Å². The first-order valence-electron chi connectivity index (χ1n) is 11.9. The van der Waals surface area contributed by atoms with Crippen molar-refractivity contribution in [2.75, 3.05) is 10.2 Å². The molecule has 2 heterocycles. The number of nitrogens with one attached hydrogen (secondary N) is 1. The van der Waals surface area contributed by atoms with Crippen molar-refractivity contribution in [2.24, 2.45) is 11.8 Å². The van der Waals surface area contributed by atoms with Crippen LogP contribution in [0, 0.1) is 18.8 Å². The van der Waals surface area contributed by atoms with Crippen LogP contribution in [0.5, 0.6) is 0 Å². The topological polar surface area (TPSA) is 79.4 Å². The standard InChI is InChI=1S/C29H23N3O3S/c1-17-6-15-24-25(16-17)36-27(31-24)19-7-11-20(12-8-19)30-26(33)18-9-13-21(14-10-18)32-28(34)22-4-2-3-5-23(22)29(32)35/h2-3,6-16,22-23H,4-5H2,1H3,(H,30,33). The maximum Gasteiger partial charge on any atom is 0.255 e. The van der Waals surface area contributed by atoms with Crippen LogP contribution in [-0.2, 0) is 9.59 Å². The van der Waals surface area contributed by atoms with Crippen LogP contribution in [0.4, 0.5) is 11.4 Å². The minimum absolute atomic E-state index is 0.157. The van der Waals surface area contributed by atoms with Gasteiger partial charge in [-0.2, -0.15) is 0 Å². The number of benzene rings is 3. The minimum atomic E-state index is -0.277. The average molecular weight is 494 g/mol. The Kier molecular flexibility index (Phi) is 5.49. The fourth-order valence-electron chi connectivity index (χ4n) is 4.87. The van der Waals surface area contributed by atoms with Crippen molar-refractivity contribution < 1.29 is 14.4 Å². The Bertz CT molecular complexity index is 1510. The number of nitrogens with zero attached hydrogens (tertiary/aromatic N) is 2. The summed E-state index contributed by atoms with van der Waals surface area (Å²) in [6.45, 7) is 2.07. The van der Waals surface area contributed by atoms with E-state index in [0.29, 0.717) is 29.8 Å². The molecule has 1 N–H and O–H groups in total. The van der Waals surface area contributed by atoms with E-state index in [1.54, 1.807) is 35.6 Å². The van der Waals surface area contributed by atoms with Gasteiger partial charge in [-0.3, -0.25) is 19.3 Å². The van der Waals surface area contributed by atoms with E-state index in [9.17, 15) is 14.4 Å². The molecule has 0 radical (unpaired) electrons. The lowest BCUT2D eigenvalue weighted by Gasteiger charge is -2.15. The Hall–Kier alpha value is -4.10. The highest BCUT2D eigenvalue weighted by atomic mass is 32.1. The van der Waals surface area contributed by atoms with Crippen LogP contribution in [0.15, 0.2) is 78.9 Å². The number of hydrogen-bond acceptors (Lipinski definition) is 5. The zero-order chi connectivity index (χ0) is 24.8. The van der Waals surface area contributed by atoms with Gasteiger partial charge in [0.1, 0.15) is 5.01 Å². The minimum Gasteiger partial charge on any atom is -0.322 e. The van der Waals surface area contributed by atoms with Gasteiger partial charge in [-0.05, 0) is 86.0 Å². The molecule has 4 aromatic rings. The number of aromatic nitrogens is 1. The fraction of sp³-hybridized carbons (Fsp3) is 0.172. The maximum absolute atomic E-state index is 12.8. The molecule has 3 aromatic carbocycles. The molecule has 1 aliphatic carbocycles. The Balaban J connectivity index is 1.15. The van der Waals surface area contributed by atoms with Crippen LogP contribution in [0.25, 0.3) is 20.8 Å². The average Bonchev–Trinajstić information content (AvgIpc) is 3.43. The number of thiazole rings is 1. The highest BCUT2D eigenvalue weighted by molar-refractivity contribution is 7.21. The number of amides is 3. The van der Waals surface area contributed by atoms with E-state index in [-0.39, 0.29) is 29.6 Å². The predicted molar refractivity (Wildman–Crippen MR) is 142 cm³/mol. The SMILES string of the molecule is Cc1ccc2nc(-c3ccc(NC(=O)c4ccc(N5C(=O)C6CC=CCC6C5=O)cc4)cc3)sc2c1. The molecule has 3 amide bonds. The summed E-state index contributed by atoms with van der Waals surface area (Å²) in [7, 11) is 0. The van der Waals surface area contributed by atoms with Gasteiger partial charge in [0, 0.05) is 16.8 Å². The molecule has 1 saturated heterocycles. The summed E-state index contributed by atoms with van der Waals surface area (Å²) < 4.78 is 1.15. The van der Waals surface area contributed by atoms with Crippen LogP contribution in [-0.4, -0.2) is 22.7 Å². The molecule has 1 aromatic heterocycles. The molecule has 7 heteroatoms. The third-order valence-electron chi connectivity index (χ3n) is 6.83. The molecular weight excluding hydrogens is 470 g/mol. The van der Waals surface area contributed by atoms with Gasteiger partial charge in [-0.1, -0.05) is 18.2 Å². The zero-order valence-corrected chi connectivity index (χ0v) is 20.4. The molecule has 2 aliphatic rings. The number of carbonyl (C=O) groups excluding carboxylic acids is 3. The van der Waals surface area contributed by atoms with E-state index < -0.39 is 0 Å². The third kappa shape index (κ3) is 3.91. The highest BCUT2D eigenvalue weighted by Gasteiger charge is 2.47. The lowest BCUT2D eigenvalue weighted by atomic mass is 9.85. The van der Waals surface area contributed by atoms with Gasteiger partial charge < -0.3 is 5.32 Å². The normalized spacial score (nSPS) is 19.1. The van der Waals surface area contributed by atoms with E-state index >= 15 is 0 Å². The lowest BCUT2D eigenvalue weighted by molar-refractivity contribution is -0.122. The van der Waals surface area contributed by atoms with E-state index in [2.05, 4.69) is 24.4 Å². The van der Waals surface area contributed by atoms with Crippen LogP contribution < -0.4 is 10.2 Å². The number of aryl methyl sites for hydroxylation is 1. The lowest BCUT2D eigenvalue weighted by Crippen LogP contribution is -2.30. The number of rotatable bonds is 4. The smallest absolute Gasteiger partial charge is 0.255 e. The van der Waals surface area contributed by atoms with Crippen molar-refractivity contribution in [3.05, 3.63) is 90.0 Å². The molecule has 1 aliphatic heterocycles. The molecular formula is C29H23N3O3S. The van der Waals surface area contributed by atoms with Crippen LogP contribution in [0.1, 0.15) is 28.8 Å². The molecule has 0 saturated carbocycles. The van der Waals surface area contributed by atoms with Gasteiger partial charge in [0.15, 0.2) is 0 Å². The van der Waals surface area contributed by atoms with Crippen LogP contribution >= 0.6 is 11.3 Å². The van der Waals surface area contributed by atoms with Gasteiger partial charge in [-0.25, -0.2) is 4.98 Å². The van der Waals surface area contributed by atoms with Gasteiger partial charge in [-0.15, -0.1) is 11.3 Å². The Morgan fingerprint density at radius 2 is 1.58 bits per heavy atom. The summed E-state index contributed by atoms with van der Waals surface area (Å²) >= 11 is 1.65. The number of fused-ring (bicyclic) bond motifs is 2. The monoisotopic (exact) mass is 493 g/mol. The number of hydrogen-bond donors (Lipinski definition) is 1. The van der Waals surface area contributed by atoms with Crippen molar-refractivity contribution in [3.8, 4) is 10.6 Å². The van der Waals surface area contributed by atoms with Crippen molar-refractivity contribution in [3.63, 3.8) is 0 Å². The van der Waals surface area contributed by atoms with E-state index in [4.69, 9.17) is 4.98 Å². The number of allylic oxidation sites excluding steroid dienone is 2. The zero-order valence-electron chi connectivity index (χ0n) is 19.6. The number of anilines is 2. The Morgan fingerprint density at radius 3 is 2.25 bits per heavy atom. The quantitative estimate of drug-likeness (QED) is 0.280. The summed E-state index contributed by atoms with van der Waals surface area (Å²) in [6.07, 6.45) is 5.14. The Morgan fingerprint density at radius 1 is 0.917 bits per heavy atom. The largest absolute Gasteiger partial charge is 0.322 e. The van der Waals surface area contributed by atoms with E-state index in [0.717, 1.165) is 20.8 Å². The van der Waals surface area contributed by atoms with Gasteiger partial charge in [0.25, 0.3) is 5.91 Å². The van der Waals surface area contributed by atoms with Crippen molar-refractivity contribution in [1.29, 1.82) is 0 Å². The molecule has 0 bridgehead atoms. The third-order valence-corrected chi connectivity index (χ3v) is 7.90. The summed E-state index contributed by atoms with van der Waals surface area (Å²) in [4.78, 5) is 44.4. The summed E-state index contributed by atoms with van der Waals surface area (Å²) in [6, 6.07) is 20.4. The molecule has 2 atom stereocenters. The summed E-state index contributed by atoms with van der Waals surface area (Å²) in [5, 5.41) is 3.84. The predicted octanol–water partition coefficient (Wildman–Crippen LogP) is 5.98. The van der Waals surface area contributed by atoms with Crippen LogP contribution in [0.3, 0.4) is 0 Å². The molecule has 178 valence electrons. The molecule has 6 nitrogen and oxygen atoms in total. The second kappa shape index (κ2) is 8.84. The van der Waals surface area contributed by atoms with E-state index in [1.807, 2.05) is 42.5 Å². The number of imide groups is 1. The highest BCUT2D eigenvalue weighted by Crippen LogP contribution is 2.37. The molecule has 0 spiro atoms. The van der Waals surface area contributed by atoms with Crippen LogP contribution in [0.2, 0.25) is 0 Å². The summed E-state index contributed by atoms with van der Waals surface area (Å²) in [5.41, 5.74) is 4.80. The molecule has 36 heavy (non-hydrogen) atoms. The first-order chi connectivity index (χ1) is 17.5. The molecule has 1 fully saturated rings. The van der Waals surface area contributed by atoms with E-state index in [1.165, 1.54) is 10.5 Å². The fourth-order valence-corrected chi connectivity index (χ4v) is 5.94. The van der Waals surface area contributed by atoms with Crippen molar-refractivity contribution in [1.82, 2.24) is 4.98 Å². The second-order valence-electron chi connectivity index (χ2n) is 9.24. The summed E-state index contributed by atoms with van der Waals surface area (Å²) in [5.74, 6) is -1.13. The molecule has 2 unspecified atom stereocenters. The van der Waals surface area contributed by atoms with Gasteiger partial charge in [0.05, 0.1) is 27.7 Å². The first kappa shape index (κ1) is 22.4. The van der Waals surface area contributed by atoms with Gasteiger partial charge in [0.2, 0.25) is 11.8 Å². The van der Waals surface area contributed by atoms with Crippen molar-refractivity contribution in [2.45, 2.75) is 19.8 Å². The number of carbonyl (C=O) groups is 3. The second-order valence-corrected chi connectivity index (χ2v) is 10.3. The first-order valence-corrected chi connectivity index (χ1v) is 12.7. The van der Waals surface area contributed by atoms with Crippen molar-refractivity contribution >= 4 is 50.6 Å². The Labute approximate surface area is 212 Å².